The first kappa shape index (κ1) is 14.6. The normalized spacial score (nSPS) is 19.0. The van der Waals surface area contributed by atoms with Crippen molar-refractivity contribution in [3.8, 4) is 0 Å². The van der Waals surface area contributed by atoms with Gasteiger partial charge in [0.25, 0.3) is 0 Å². The monoisotopic (exact) mass is 318 g/mol. The zero-order valence-corrected chi connectivity index (χ0v) is 12.6. The number of rotatable bonds is 3. The minimum absolute atomic E-state index is 0.107. The Hall–Kier alpha value is -0.850. The van der Waals surface area contributed by atoms with Crippen molar-refractivity contribution in [2.45, 2.75) is 18.9 Å². The van der Waals surface area contributed by atoms with Gasteiger partial charge in [0, 0.05) is 22.3 Å². The molecule has 0 atom stereocenters. The van der Waals surface area contributed by atoms with Crippen molar-refractivity contribution in [1.29, 1.82) is 0 Å². The number of thiocarbonyl (C=S) groups is 1. The largest absolute Gasteiger partial charge is 0.389 e. The highest BCUT2D eigenvalue weighted by atomic mass is 35.5. The molecule has 7 heteroatoms. The Morgan fingerprint density at radius 3 is 2.58 bits per heavy atom. The number of sulfone groups is 1. The number of halogens is 1. The van der Waals surface area contributed by atoms with Crippen LogP contribution in [0.4, 0.5) is 5.69 Å². The molecule has 0 bridgehead atoms. The van der Waals surface area contributed by atoms with E-state index in [2.05, 4.69) is 5.32 Å². The number of benzene rings is 1. The number of hydrogen-bond acceptors (Lipinski definition) is 4. The summed E-state index contributed by atoms with van der Waals surface area (Å²) in [5.74, 6) is 0.432. The van der Waals surface area contributed by atoms with E-state index in [0.29, 0.717) is 22.9 Å². The summed E-state index contributed by atoms with van der Waals surface area (Å²) in [5.41, 5.74) is 7.16. The first-order chi connectivity index (χ1) is 8.87. The highest BCUT2D eigenvalue weighted by Gasteiger charge is 2.24. The van der Waals surface area contributed by atoms with Crippen LogP contribution in [0, 0.1) is 0 Å². The maximum atomic E-state index is 11.4. The Labute approximate surface area is 123 Å². The van der Waals surface area contributed by atoms with Gasteiger partial charge in [-0.1, -0.05) is 23.8 Å². The van der Waals surface area contributed by atoms with Gasteiger partial charge in [0.1, 0.15) is 14.8 Å². The fraction of sp³-hybridized carbons (Fsp3) is 0.417. The lowest BCUT2D eigenvalue weighted by Crippen LogP contribution is -2.32. The number of hydrogen-bond donors (Lipinski definition) is 2. The fourth-order valence-electron chi connectivity index (χ4n) is 2.11. The summed E-state index contributed by atoms with van der Waals surface area (Å²) in [4.78, 5) is 0.294. The third-order valence-electron chi connectivity index (χ3n) is 3.16. The molecule has 1 heterocycles. The van der Waals surface area contributed by atoms with E-state index >= 15 is 0 Å². The third kappa shape index (κ3) is 3.81. The van der Waals surface area contributed by atoms with E-state index in [1.807, 2.05) is 0 Å². The van der Waals surface area contributed by atoms with Crippen molar-refractivity contribution in [1.82, 2.24) is 0 Å². The molecule has 0 amide bonds. The molecule has 0 radical (unpaired) electrons. The lowest BCUT2D eigenvalue weighted by atomic mass is 10.1. The van der Waals surface area contributed by atoms with Crippen molar-refractivity contribution in [2.75, 3.05) is 16.8 Å². The average molecular weight is 319 g/mol. The Bertz CT molecular complexity index is 588. The zero-order chi connectivity index (χ0) is 14.0. The summed E-state index contributed by atoms with van der Waals surface area (Å²) in [5, 5.41) is 3.88. The van der Waals surface area contributed by atoms with Gasteiger partial charge in [-0.05, 0) is 31.0 Å². The summed E-state index contributed by atoms with van der Waals surface area (Å²) in [6.45, 7) is 0. The number of nitrogens with two attached hydrogens (primary N) is 1. The van der Waals surface area contributed by atoms with Gasteiger partial charge >= 0.3 is 0 Å². The molecule has 1 aliphatic heterocycles. The van der Waals surface area contributed by atoms with Crippen LogP contribution in [0.5, 0.6) is 0 Å². The minimum atomic E-state index is -2.86. The van der Waals surface area contributed by atoms with Crippen LogP contribution in [-0.4, -0.2) is 31.0 Å². The molecule has 1 aromatic carbocycles. The van der Waals surface area contributed by atoms with Gasteiger partial charge in [0.05, 0.1) is 11.5 Å². The molecule has 0 saturated carbocycles. The van der Waals surface area contributed by atoms with Crippen LogP contribution >= 0.6 is 23.8 Å². The Balaban J connectivity index is 2.15. The SMILES string of the molecule is NC(=S)c1ccc(Cl)cc1NC1CCS(=O)(=O)CC1. The van der Waals surface area contributed by atoms with Crippen molar-refractivity contribution in [3.63, 3.8) is 0 Å². The maximum absolute atomic E-state index is 11.4. The second-order valence-corrected chi connectivity index (χ2v) is 7.80. The average Bonchev–Trinajstić information content (AvgIpc) is 2.31. The van der Waals surface area contributed by atoms with E-state index in [1.54, 1.807) is 18.2 Å². The quantitative estimate of drug-likeness (QED) is 0.834. The molecule has 4 nitrogen and oxygen atoms in total. The first-order valence-corrected chi connectivity index (χ1v) is 8.54. The standard InChI is InChI=1S/C12H15ClN2O2S2/c13-8-1-2-10(12(14)18)11(7-8)15-9-3-5-19(16,17)6-4-9/h1-2,7,9,15H,3-6H2,(H2,14,18). The van der Waals surface area contributed by atoms with E-state index in [1.165, 1.54) is 0 Å². The van der Waals surface area contributed by atoms with Crippen LogP contribution in [-0.2, 0) is 9.84 Å². The molecule has 2 rings (SSSR count). The predicted molar refractivity (Wildman–Crippen MR) is 82.6 cm³/mol. The van der Waals surface area contributed by atoms with Crippen LogP contribution in [0.15, 0.2) is 18.2 Å². The summed E-state index contributed by atoms with van der Waals surface area (Å²) >= 11 is 11.0. The van der Waals surface area contributed by atoms with Gasteiger partial charge in [-0.2, -0.15) is 0 Å². The van der Waals surface area contributed by atoms with Gasteiger partial charge in [-0.15, -0.1) is 0 Å². The number of anilines is 1. The van der Waals surface area contributed by atoms with Crippen LogP contribution in [0.1, 0.15) is 18.4 Å². The van der Waals surface area contributed by atoms with Crippen molar-refractivity contribution >= 4 is 44.3 Å². The molecule has 0 unspecified atom stereocenters. The van der Waals surface area contributed by atoms with Crippen molar-refractivity contribution < 1.29 is 8.42 Å². The molecule has 0 aliphatic carbocycles. The molecule has 19 heavy (non-hydrogen) atoms. The first-order valence-electron chi connectivity index (χ1n) is 5.94. The van der Waals surface area contributed by atoms with Gasteiger partial charge in [0.2, 0.25) is 0 Å². The number of nitrogens with one attached hydrogen (secondary N) is 1. The van der Waals surface area contributed by atoms with E-state index in [4.69, 9.17) is 29.6 Å². The summed E-state index contributed by atoms with van der Waals surface area (Å²) in [7, 11) is -2.86. The fourth-order valence-corrected chi connectivity index (χ4v) is 3.95. The highest BCUT2D eigenvalue weighted by Crippen LogP contribution is 2.24. The molecule has 0 aromatic heterocycles. The molecule has 1 saturated heterocycles. The highest BCUT2D eigenvalue weighted by molar-refractivity contribution is 7.91. The van der Waals surface area contributed by atoms with Gasteiger partial charge < -0.3 is 11.1 Å². The van der Waals surface area contributed by atoms with E-state index < -0.39 is 9.84 Å². The van der Waals surface area contributed by atoms with Crippen molar-refractivity contribution in [3.05, 3.63) is 28.8 Å². The lowest BCUT2D eigenvalue weighted by molar-refractivity contribution is 0.559. The molecule has 0 spiro atoms. The van der Waals surface area contributed by atoms with Crippen molar-refractivity contribution in [2.24, 2.45) is 5.73 Å². The molecule has 3 N–H and O–H groups in total. The van der Waals surface area contributed by atoms with Crippen LogP contribution in [0.25, 0.3) is 0 Å². The van der Waals surface area contributed by atoms with Crippen LogP contribution in [0.2, 0.25) is 5.02 Å². The minimum Gasteiger partial charge on any atom is -0.389 e. The van der Waals surface area contributed by atoms with Crippen LogP contribution < -0.4 is 11.1 Å². The van der Waals surface area contributed by atoms with Gasteiger partial charge in [-0.3, -0.25) is 0 Å². The zero-order valence-electron chi connectivity index (χ0n) is 10.2. The maximum Gasteiger partial charge on any atom is 0.150 e. The topological polar surface area (TPSA) is 72.2 Å². The molecule has 1 aromatic rings. The summed E-state index contributed by atoms with van der Waals surface area (Å²) < 4.78 is 22.8. The van der Waals surface area contributed by atoms with E-state index in [0.717, 1.165) is 11.3 Å². The Morgan fingerprint density at radius 2 is 2.00 bits per heavy atom. The molecular weight excluding hydrogens is 304 g/mol. The summed E-state index contributed by atoms with van der Waals surface area (Å²) in [6, 6.07) is 5.37. The second-order valence-electron chi connectivity index (χ2n) is 4.62. The van der Waals surface area contributed by atoms with Crippen LogP contribution in [0.3, 0.4) is 0 Å². The molecule has 1 fully saturated rings. The third-order valence-corrected chi connectivity index (χ3v) is 5.33. The van der Waals surface area contributed by atoms with Gasteiger partial charge in [0.15, 0.2) is 0 Å². The second kappa shape index (κ2) is 5.64. The van der Waals surface area contributed by atoms with E-state index in [-0.39, 0.29) is 17.5 Å². The molecular formula is C12H15ClN2O2S2. The summed E-state index contributed by atoms with van der Waals surface area (Å²) in [6.07, 6.45) is 1.18. The lowest BCUT2D eigenvalue weighted by Gasteiger charge is -2.25. The molecule has 104 valence electrons. The van der Waals surface area contributed by atoms with Gasteiger partial charge in [-0.25, -0.2) is 8.42 Å². The smallest absolute Gasteiger partial charge is 0.150 e. The predicted octanol–water partition coefficient (Wildman–Crippen LogP) is 1.96. The Kier molecular flexibility index (Phi) is 4.32. The van der Waals surface area contributed by atoms with E-state index in [9.17, 15) is 8.42 Å². The Morgan fingerprint density at radius 1 is 1.37 bits per heavy atom. The molecule has 1 aliphatic rings.